The average Bonchev–Trinajstić information content (AvgIpc) is 2.63. The summed E-state index contributed by atoms with van der Waals surface area (Å²) in [5.41, 5.74) is 0.752. The van der Waals surface area contributed by atoms with E-state index in [9.17, 15) is 17.6 Å². The summed E-state index contributed by atoms with van der Waals surface area (Å²) in [6.07, 6.45) is 1.25. The minimum Gasteiger partial charge on any atom is -0.445 e. The first-order valence-corrected chi connectivity index (χ1v) is 9.89. The van der Waals surface area contributed by atoms with Gasteiger partial charge in [0.2, 0.25) is 28.7 Å². The highest BCUT2D eigenvalue weighted by Crippen LogP contribution is 2.32. The van der Waals surface area contributed by atoms with Gasteiger partial charge in [-0.1, -0.05) is 29.8 Å². The highest BCUT2D eigenvalue weighted by Gasteiger charge is 2.18. The van der Waals surface area contributed by atoms with E-state index in [-0.39, 0.29) is 33.7 Å². The van der Waals surface area contributed by atoms with E-state index in [1.807, 2.05) is 0 Å². The van der Waals surface area contributed by atoms with Gasteiger partial charge >= 0.3 is 0 Å². The predicted molar refractivity (Wildman–Crippen MR) is 104 cm³/mol. The summed E-state index contributed by atoms with van der Waals surface area (Å²) in [6.45, 7) is -1.15. The number of ether oxygens (including phenoxy) is 1. The number of primary sulfonamides is 1. The maximum atomic E-state index is 12.6. The third-order valence-corrected chi connectivity index (χ3v) is 5.22. The van der Waals surface area contributed by atoms with Crippen LogP contribution in [0.25, 0.3) is 10.8 Å². The van der Waals surface area contributed by atoms with Crippen molar-refractivity contribution in [3.8, 4) is 5.88 Å². The van der Waals surface area contributed by atoms with Crippen LogP contribution in [0.4, 0.5) is 10.1 Å². The summed E-state index contributed by atoms with van der Waals surface area (Å²) in [6, 6.07) is 10.9. The number of anilines is 1. The third-order valence-electron chi connectivity index (χ3n) is 3.90. The molecule has 0 radical (unpaired) electrons. The van der Waals surface area contributed by atoms with Gasteiger partial charge in [-0.3, -0.25) is 4.79 Å². The number of aromatic nitrogens is 1. The molecule has 0 aliphatic heterocycles. The van der Waals surface area contributed by atoms with E-state index in [0.29, 0.717) is 10.6 Å². The van der Waals surface area contributed by atoms with Crippen LogP contribution in [-0.4, -0.2) is 26.2 Å². The predicted octanol–water partition coefficient (Wildman–Crippen LogP) is 3.02. The Morgan fingerprint density at radius 2 is 1.96 bits per heavy atom. The molecule has 0 saturated heterocycles. The first-order valence-electron chi connectivity index (χ1n) is 7.97. The molecule has 0 spiro atoms. The molecule has 0 aliphatic carbocycles. The van der Waals surface area contributed by atoms with Crippen LogP contribution in [0, 0.1) is 0 Å². The summed E-state index contributed by atoms with van der Waals surface area (Å²) in [4.78, 5) is 16.0. The maximum Gasteiger partial charge on any atom is 0.238 e. The molecule has 3 N–H and O–H groups in total. The van der Waals surface area contributed by atoms with E-state index in [1.165, 1.54) is 24.4 Å². The Kier molecular flexibility index (Phi) is 5.78. The molecule has 0 unspecified atom stereocenters. The molecule has 0 saturated carbocycles. The van der Waals surface area contributed by atoms with Crippen molar-refractivity contribution in [2.24, 2.45) is 5.14 Å². The van der Waals surface area contributed by atoms with Gasteiger partial charge < -0.3 is 10.1 Å². The van der Waals surface area contributed by atoms with Crippen molar-refractivity contribution in [2.75, 3.05) is 12.2 Å². The Labute approximate surface area is 165 Å². The lowest BCUT2D eigenvalue weighted by Gasteiger charge is -2.12. The highest BCUT2D eigenvalue weighted by molar-refractivity contribution is 7.89. The van der Waals surface area contributed by atoms with Crippen molar-refractivity contribution >= 4 is 44.0 Å². The normalized spacial score (nSPS) is 11.4. The van der Waals surface area contributed by atoms with Gasteiger partial charge in [0.05, 0.1) is 11.3 Å². The van der Waals surface area contributed by atoms with Gasteiger partial charge in [0, 0.05) is 27.7 Å². The molecule has 0 aliphatic rings. The third kappa shape index (κ3) is 4.38. The van der Waals surface area contributed by atoms with E-state index in [1.54, 1.807) is 24.3 Å². The van der Waals surface area contributed by atoms with Crippen LogP contribution in [-0.2, 0) is 21.2 Å². The molecule has 2 aromatic carbocycles. The lowest BCUT2D eigenvalue weighted by Crippen LogP contribution is -2.17. The number of carbonyl (C=O) groups is 1. The molecular formula is C18H15ClFN3O4S. The molecule has 0 fully saturated rings. The smallest absolute Gasteiger partial charge is 0.238 e. The highest BCUT2D eigenvalue weighted by atomic mass is 35.5. The Morgan fingerprint density at radius 3 is 2.64 bits per heavy atom. The number of nitrogens with one attached hydrogen (secondary N) is 1. The summed E-state index contributed by atoms with van der Waals surface area (Å²) in [5, 5.41) is 8.72. The average molecular weight is 424 g/mol. The number of hydrogen-bond donors (Lipinski definition) is 2. The monoisotopic (exact) mass is 423 g/mol. The molecule has 3 aromatic rings. The Balaban J connectivity index is 2.02. The van der Waals surface area contributed by atoms with Crippen LogP contribution in [0.3, 0.4) is 0 Å². The summed E-state index contributed by atoms with van der Waals surface area (Å²) in [5.74, 6) is -0.545. The van der Waals surface area contributed by atoms with Gasteiger partial charge in [0.15, 0.2) is 0 Å². The molecule has 0 atom stereocenters. The first-order chi connectivity index (χ1) is 13.3. The lowest BCUT2D eigenvalue weighted by atomic mass is 10.1. The van der Waals surface area contributed by atoms with Crippen LogP contribution in [0.2, 0.25) is 5.02 Å². The van der Waals surface area contributed by atoms with Crippen molar-refractivity contribution in [1.82, 2.24) is 4.98 Å². The standard InChI is InChI=1S/C18H15ClFN3O4S/c19-15-4-2-1-3-11(15)7-17(24)23-12-8-14-13(16(9-12)28(21,25)26)5-6-22-18(14)27-10-20/h1-6,8-9H,7,10H2,(H,23,24)(H2,21,25,26). The number of hydrogen-bond acceptors (Lipinski definition) is 5. The van der Waals surface area contributed by atoms with E-state index >= 15 is 0 Å². The molecule has 10 heteroatoms. The van der Waals surface area contributed by atoms with E-state index in [4.69, 9.17) is 21.5 Å². The first kappa shape index (κ1) is 20.0. The minimum atomic E-state index is -4.13. The van der Waals surface area contributed by atoms with Crippen molar-refractivity contribution in [1.29, 1.82) is 0 Å². The van der Waals surface area contributed by atoms with E-state index in [0.717, 1.165) is 0 Å². The zero-order valence-electron chi connectivity index (χ0n) is 14.4. The molecule has 3 rings (SSSR count). The van der Waals surface area contributed by atoms with E-state index < -0.39 is 22.8 Å². The van der Waals surface area contributed by atoms with Gasteiger partial charge in [0.25, 0.3) is 0 Å². The van der Waals surface area contributed by atoms with Crippen molar-refractivity contribution in [2.45, 2.75) is 11.3 Å². The van der Waals surface area contributed by atoms with Gasteiger partial charge in [-0.2, -0.15) is 0 Å². The fraction of sp³-hybridized carbons (Fsp3) is 0.111. The summed E-state index contributed by atoms with van der Waals surface area (Å²) >= 11 is 6.05. The number of fused-ring (bicyclic) bond motifs is 1. The maximum absolute atomic E-state index is 12.6. The zero-order chi connectivity index (χ0) is 20.3. The Hall–Kier alpha value is -2.75. The van der Waals surface area contributed by atoms with Crippen molar-refractivity contribution in [3.63, 3.8) is 0 Å². The van der Waals surface area contributed by atoms with Gasteiger partial charge in [0.1, 0.15) is 0 Å². The summed E-state index contributed by atoms with van der Waals surface area (Å²) in [7, 11) is -4.13. The molecule has 28 heavy (non-hydrogen) atoms. The molecular weight excluding hydrogens is 409 g/mol. The quantitative estimate of drug-likeness (QED) is 0.633. The Morgan fingerprint density at radius 1 is 1.21 bits per heavy atom. The fourth-order valence-electron chi connectivity index (χ4n) is 2.72. The second-order valence-corrected chi connectivity index (χ2v) is 7.74. The number of amides is 1. The fourth-order valence-corrected chi connectivity index (χ4v) is 3.70. The minimum absolute atomic E-state index is 0.0245. The number of nitrogens with zero attached hydrogens (tertiary/aromatic N) is 1. The zero-order valence-corrected chi connectivity index (χ0v) is 15.9. The molecule has 1 heterocycles. The van der Waals surface area contributed by atoms with Crippen LogP contribution in [0.5, 0.6) is 5.88 Å². The second-order valence-electron chi connectivity index (χ2n) is 5.80. The molecule has 1 aromatic heterocycles. The lowest BCUT2D eigenvalue weighted by molar-refractivity contribution is -0.115. The number of sulfonamides is 1. The molecule has 1 amide bonds. The number of carbonyl (C=O) groups excluding carboxylic acids is 1. The second kappa shape index (κ2) is 8.09. The van der Waals surface area contributed by atoms with Gasteiger partial charge in [-0.15, -0.1) is 0 Å². The number of benzene rings is 2. The van der Waals surface area contributed by atoms with Crippen molar-refractivity contribution in [3.05, 3.63) is 59.2 Å². The van der Waals surface area contributed by atoms with Gasteiger partial charge in [-0.05, 0) is 29.8 Å². The number of pyridine rings is 1. The molecule has 146 valence electrons. The van der Waals surface area contributed by atoms with Crippen LogP contribution in [0.1, 0.15) is 5.56 Å². The molecule has 0 bridgehead atoms. The number of alkyl halides is 1. The van der Waals surface area contributed by atoms with Gasteiger partial charge in [-0.25, -0.2) is 22.9 Å². The van der Waals surface area contributed by atoms with Crippen molar-refractivity contribution < 1.29 is 22.3 Å². The van der Waals surface area contributed by atoms with Crippen LogP contribution < -0.4 is 15.2 Å². The van der Waals surface area contributed by atoms with E-state index in [2.05, 4.69) is 10.3 Å². The van der Waals surface area contributed by atoms with Crippen LogP contribution >= 0.6 is 11.6 Å². The number of rotatable bonds is 6. The van der Waals surface area contributed by atoms with Crippen LogP contribution in [0.15, 0.2) is 53.6 Å². The Bertz CT molecular complexity index is 1150. The summed E-state index contributed by atoms with van der Waals surface area (Å²) < 4.78 is 41.5. The number of nitrogens with two attached hydrogens (primary N) is 1. The molecule has 7 nitrogen and oxygen atoms in total. The largest absolute Gasteiger partial charge is 0.445 e. The number of halogens is 2. The topological polar surface area (TPSA) is 111 Å². The SMILES string of the molecule is NS(=O)(=O)c1cc(NC(=O)Cc2ccccc2Cl)cc2c(OCF)nccc12.